The summed E-state index contributed by atoms with van der Waals surface area (Å²) in [4.78, 5) is 0. The molecule has 1 aliphatic carbocycles. The molecule has 0 bridgehead atoms. The van der Waals surface area contributed by atoms with Crippen LogP contribution in [-0.4, -0.2) is 9.13 Å². The average molecular weight is 589 g/mol. The summed E-state index contributed by atoms with van der Waals surface area (Å²) in [6.07, 6.45) is 0. The van der Waals surface area contributed by atoms with E-state index in [2.05, 4.69) is 170 Å². The number of fused-ring (bicyclic) bond motifs is 11. The van der Waals surface area contributed by atoms with Gasteiger partial charge < -0.3 is 9.13 Å². The van der Waals surface area contributed by atoms with Gasteiger partial charge >= 0.3 is 0 Å². The van der Waals surface area contributed by atoms with E-state index in [0.29, 0.717) is 0 Å². The Labute approximate surface area is 267 Å². The lowest BCUT2D eigenvalue weighted by molar-refractivity contribution is 0.660. The molecule has 0 radical (unpaired) electrons. The van der Waals surface area contributed by atoms with E-state index in [9.17, 15) is 0 Å². The highest BCUT2D eigenvalue weighted by atomic mass is 15.0. The Balaban J connectivity index is 1.24. The third-order valence-electron chi connectivity index (χ3n) is 10.7. The van der Waals surface area contributed by atoms with Crippen molar-refractivity contribution in [3.05, 3.63) is 151 Å². The Morgan fingerprint density at radius 2 is 1.15 bits per heavy atom. The van der Waals surface area contributed by atoms with Gasteiger partial charge in [0.05, 0.1) is 11.0 Å². The topological polar surface area (TPSA) is 9.86 Å². The van der Waals surface area contributed by atoms with Gasteiger partial charge in [0.2, 0.25) is 0 Å². The first-order valence-corrected chi connectivity index (χ1v) is 16.2. The molecule has 0 fully saturated rings. The van der Waals surface area contributed by atoms with Crippen molar-refractivity contribution < 1.29 is 0 Å². The molecular weight excluding hydrogens is 556 g/mol. The molecule has 0 aliphatic heterocycles. The fourth-order valence-electron chi connectivity index (χ4n) is 8.42. The van der Waals surface area contributed by atoms with Gasteiger partial charge in [0.1, 0.15) is 0 Å². The average Bonchev–Trinajstić information content (AvgIpc) is 3.67. The van der Waals surface area contributed by atoms with E-state index in [-0.39, 0.29) is 5.41 Å². The van der Waals surface area contributed by atoms with Crippen LogP contribution in [0.5, 0.6) is 0 Å². The molecule has 9 aromatic rings. The Morgan fingerprint density at radius 3 is 2.07 bits per heavy atom. The van der Waals surface area contributed by atoms with Crippen LogP contribution in [0.1, 0.15) is 25.0 Å². The summed E-state index contributed by atoms with van der Waals surface area (Å²) in [5.74, 6) is 0. The molecule has 218 valence electrons. The lowest BCUT2D eigenvalue weighted by Crippen LogP contribution is -2.14. The number of nitrogens with zero attached hydrogens (tertiary/aromatic N) is 2. The van der Waals surface area contributed by atoms with Crippen LogP contribution < -0.4 is 0 Å². The summed E-state index contributed by atoms with van der Waals surface area (Å²) in [6, 6.07) is 52.0. The lowest BCUT2D eigenvalue weighted by Gasteiger charge is -2.21. The van der Waals surface area contributed by atoms with Crippen molar-refractivity contribution in [3.63, 3.8) is 0 Å². The lowest BCUT2D eigenvalue weighted by atomic mass is 9.82. The minimum absolute atomic E-state index is 0.0157. The Morgan fingerprint density at radius 1 is 0.457 bits per heavy atom. The first kappa shape index (κ1) is 25.7. The molecule has 0 atom stereocenters. The number of aromatic nitrogens is 2. The molecule has 2 aromatic heterocycles. The van der Waals surface area contributed by atoms with Crippen LogP contribution in [-0.2, 0) is 12.5 Å². The number of rotatable bonds is 2. The zero-order chi connectivity index (χ0) is 30.7. The van der Waals surface area contributed by atoms with Crippen LogP contribution in [0.3, 0.4) is 0 Å². The number of aryl methyl sites for hydroxylation is 1. The first-order chi connectivity index (χ1) is 22.5. The van der Waals surface area contributed by atoms with Crippen molar-refractivity contribution in [2.75, 3.05) is 0 Å². The Kier molecular flexibility index (Phi) is 5.02. The van der Waals surface area contributed by atoms with Crippen LogP contribution in [0.15, 0.2) is 140 Å². The van der Waals surface area contributed by atoms with Crippen molar-refractivity contribution in [3.8, 4) is 27.9 Å². The van der Waals surface area contributed by atoms with Crippen molar-refractivity contribution in [1.82, 2.24) is 9.13 Å². The van der Waals surface area contributed by atoms with Gasteiger partial charge in [0, 0.05) is 56.1 Å². The molecule has 0 unspecified atom stereocenters. The predicted molar refractivity (Wildman–Crippen MR) is 195 cm³/mol. The summed E-state index contributed by atoms with van der Waals surface area (Å²) >= 11 is 0. The monoisotopic (exact) mass is 588 g/mol. The molecular formula is C44H32N2. The van der Waals surface area contributed by atoms with E-state index in [4.69, 9.17) is 0 Å². The van der Waals surface area contributed by atoms with Crippen LogP contribution in [0.2, 0.25) is 0 Å². The predicted octanol–water partition coefficient (Wildman–Crippen LogP) is 11.6. The maximum absolute atomic E-state index is 2.50. The van der Waals surface area contributed by atoms with E-state index in [1.807, 2.05) is 0 Å². The first-order valence-electron chi connectivity index (χ1n) is 16.2. The van der Waals surface area contributed by atoms with Gasteiger partial charge in [-0.15, -0.1) is 0 Å². The van der Waals surface area contributed by atoms with E-state index in [1.54, 1.807) is 0 Å². The van der Waals surface area contributed by atoms with Gasteiger partial charge in [-0.3, -0.25) is 0 Å². The van der Waals surface area contributed by atoms with E-state index >= 15 is 0 Å². The molecule has 0 saturated heterocycles. The van der Waals surface area contributed by atoms with Gasteiger partial charge in [-0.25, -0.2) is 0 Å². The van der Waals surface area contributed by atoms with Gasteiger partial charge in [0.15, 0.2) is 0 Å². The quantitative estimate of drug-likeness (QED) is 0.190. The van der Waals surface area contributed by atoms with E-state index in [1.165, 1.54) is 93.5 Å². The second kappa shape index (κ2) is 8.99. The highest BCUT2D eigenvalue weighted by molar-refractivity contribution is 6.19. The van der Waals surface area contributed by atoms with E-state index in [0.717, 1.165) is 0 Å². The van der Waals surface area contributed by atoms with Crippen LogP contribution in [0, 0.1) is 0 Å². The number of para-hydroxylation sites is 1. The van der Waals surface area contributed by atoms with Gasteiger partial charge in [-0.05, 0) is 75.2 Å². The van der Waals surface area contributed by atoms with Gasteiger partial charge in [-0.2, -0.15) is 0 Å². The molecule has 2 heteroatoms. The summed E-state index contributed by atoms with van der Waals surface area (Å²) in [7, 11) is 2.17. The third-order valence-corrected chi connectivity index (χ3v) is 10.7. The summed E-state index contributed by atoms with van der Waals surface area (Å²) in [5.41, 5.74) is 14.2. The van der Waals surface area contributed by atoms with Crippen LogP contribution in [0.4, 0.5) is 0 Å². The molecule has 2 heterocycles. The van der Waals surface area contributed by atoms with Crippen molar-refractivity contribution >= 4 is 54.4 Å². The third kappa shape index (κ3) is 3.31. The normalized spacial score (nSPS) is 13.7. The molecule has 1 aliphatic rings. The highest BCUT2D eigenvalue weighted by Gasteiger charge is 2.35. The zero-order valence-electron chi connectivity index (χ0n) is 26.2. The fraction of sp³-hybridized carbons (Fsp3) is 0.0909. The molecule has 0 N–H and O–H groups in total. The highest BCUT2D eigenvalue weighted by Crippen LogP contribution is 2.49. The minimum Gasteiger partial charge on any atom is -0.344 e. The summed E-state index contributed by atoms with van der Waals surface area (Å²) in [6.45, 7) is 4.70. The van der Waals surface area contributed by atoms with Gasteiger partial charge in [-0.1, -0.05) is 117 Å². The Bertz CT molecular complexity index is 2730. The fourth-order valence-corrected chi connectivity index (χ4v) is 8.42. The van der Waals surface area contributed by atoms with Crippen molar-refractivity contribution in [1.29, 1.82) is 0 Å². The number of benzene rings is 7. The number of hydrogen-bond acceptors (Lipinski definition) is 0. The second-order valence-corrected chi connectivity index (χ2v) is 13.5. The minimum atomic E-state index is -0.0157. The van der Waals surface area contributed by atoms with Crippen LogP contribution >= 0.6 is 0 Å². The van der Waals surface area contributed by atoms with Gasteiger partial charge in [0.25, 0.3) is 0 Å². The standard InChI is InChI=1S/C44H32N2/c1-44(2)38-14-8-6-12-32(38)36-26-30(19-22-39(36)44)46-41-23-18-28(24-37(41)35-21-16-27-10-4-5-11-31(27)43(35)46)29-17-20-34-33-13-7-9-15-40(33)45(3)42(34)25-29/h4-26H,1-3H3. The smallest absolute Gasteiger partial charge is 0.0619 e. The summed E-state index contributed by atoms with van der Waals surface area (Å²) in [5, 5.41) is 7.69. The maximum Gasteiger partial charge on any atom is 0.0619 e. The maximum atomic E-state index is 2.50. The molecule has 0 amide bonds. The number of hydrogen-bond donors (Lipinski definition) is 0. The zero-order valence-corrected chi connectivity index (χ0v) is 26.2. The SMILES string of the molecule is Cn1c2ccccc2c2ccc(-c3ccc4c(c3)c3ccc5ccccc5c3n4-c3ccc4c(c3)-c3ccccc3C4(C)C)cc21. The largest absolute Gasteiger partial charge is 0.344 e. The summed E-state index contributed by atoms with van der Waals surface area (Å²) < 4.78 is 4.82. The van der Waals surface area contributed by atoms with Crippen molar-refractivity contribution in [2.45, 2.75) is 19.3 Å². The molecule has 0 spiro atoms. The molecule has 7 aromatic carbocycles. The molecule has 46 heavy (non-hydrogen) atoms. The molecule has 2 nitrogen and oxygen atoms in total. The molecule has 10 rings (SSSR count). The second-order valence-electron chi connectivity index (χ2n) is 13.5. The van der Waals surface area contributed by atoms with Crippen LogP contribution in [0.25, 0.3) is 82.3 Å². The van der Waals surface area contributed by atoms with Crippen molar-refractivity contribution in [2.24, 2.45) is 7.05 Å². The molecule has 0 saturated carbocycles. The van der Waals surface area contributed by atoms with E-state index < -0.39 is 0 Å². The Hall–Kier alpha value is -5.60.